The van der Waals surface area contributed by atoms with Gasteiger partial charge in [-0.2, -0.15) is 0 Å². The van der Waals surface area contributed by atoms with E-state index in [2.05, 4.69) is 30.5 Å². The second-order valence-corrected chi connectivity index (χ2v) is 6.17. The first-order chi connectivity index (χ1) is 10.2. The Balaban J connectivity index is 1.73. The Kier molecular flexibility index (Phi) is 6.24. The molecule has 1 aliphatic rings. The molecule has 0 unspecified atom stereocenters. The summed E-state index contributed by atoms with van der Waals surface area (Å²) in [5, 5.41) is 6.78. The van der Waals surface area contributed by atoms with E-state index < -0.39 is 0 Å². The summed E-state index contributed by atoms with van der Waals surface area (Å²) in [6.07, 6.45) is 6.24. The number of benzene rings is 1. The van der Waals surface area contributed by atoms with Crippen molar-refractivity contribution in [3.8, 4) is 0 Å². The Bertz CT molecular complexity index is 450. The molecule has 0 bridgehead atoms. The third-order valence-corrected chi connectivity index (χ3v) is 4.39. The zero-order valence-corrected chi connectivity index (χ0v) is 13.3. The monoisotopic (exact) mass is 288 g/mol. The summed E-state index contributed by atoms with van der Waals surface area (Å²) in [5.41, 5.74) is 2.33. The van der Waals surface area contributed by atoms with Crippen molar-refractivity contribution < 1.29 is 4.79 Å². The molecule has 0 saturated heterocycles. The summed E-state index contributed by atoms with van der Waals surface area (Å²) in [7, 11) is 0. The van der Waals surface area contributed by atoms with Crippen molar-refractivity contribution in [1.82, 2.24) is 10.6 Å². The van der Waals surface area contributed by atoms with Crippen LogP contribution < -0.4 is 10.6 Å². The molecule has 1 aromatic carbocycles. The molecule has 116 valence electrons. The van der Waals surface area contributed by atoms with Crippen LogP contribution in [-0.2, 0) is 11.2 Å². The van der Waals surface area contributed by atoms with Crippen LogP contribution in [0.4, 0.5) is 0 Å². The van der Waals surface area contributed by atoms with Crippen molar-refractivity contribution in [2.75, 3.05) is 6.54 Å². The van der Waals surface area contributed by atoms with Gasteiger partial charge in [-0.15, -0.1) is 0 Å². The van der Waals surface area contributed by atoms with Crippen molar-refractivity contribution in [3.05, 3.63) is 35.4 Å². The van der Waals surface area contributed by atoms with Crippen LogP contribution in [0.25, 0.3) is 0 Å². The zero-order chi connectivity index (χ0) is 15.1. The Labute approximate surface area is 128 Å². The first kappa shape index (κ1) is 16.0. The van der Waals surface area contributed by atoms with Gasteiger partial charge >= 0.3 is 0 Å². The van der Waals surface area contributed by atoms with Gasteiger partial charge in [0.2, 0.25) is 5.91 Å². The molecule has 3 heteroatoms. The smallest absolute Gasteiger partial charge is 0.224 e. The largest absolute Gasteiger partial charge is 0.353 e. The number of carbonyl (C=O) groups excluding carboxylic acids is 1. The number of carbonyl (C=O) groups is 1. The van der Waals surface area contributed by atoms with Gasteiger partial charge in [-0.3, -0.25) is 4.79 Å². The van der Waals surface area contributed by atoms with E-state index in [9.17, 15) is 4.79 Å². The van der Waals surface area contributed by atoms with E-state index in [0.29, 0.717) is 18.5 Å². The highest BCUT2D eigenvalue weighted by atomic mass is 16.1. The van der Waals surface area contributed by atoms with Crippen LogP contribution in [0, 0.1) is 6.92 Å². The van der Waals surface area contributed by atoms with E-state index in [-0.39, 0.29) is 5.91 Å². The molecule has 0 radical (unpaired) electrons. The lowest BCUT2D eigenvalue weighted by atomic mass is 9.91. The summed E-state index contributed by atoms with van der Waals surface area (Å²) in [4.78, 5) is 12.2. The number of amides is 1. The summed E-state index contributed by atoms with van der Waals surface area (Å²) >= 11 is 0. The molecule has 0 atom stereocenters. The molecule has 3 nitrogen and oxygen atoms in total. The van der Waals surface area contributed by atoms with Crippen LogP contribution in [0.15, 0.2) is 24.3 Å². The van der Waals surface area contributed by atoms with Gasteiger partial charge in [-0.25, -0.2) is 0 Å². The van der Waals surface area contributed by atoms with Crippen LogP contribution in [0.2, 0.25) is 0 Å². The lowest BCUT2D eigenvalue weighted by Gasteiger charge is -2.29. The summed E-state index contributed by atoms with van der Waals surface area (Å²) < 4.78 is 0. The molecule has 2 rings (SSSR count). The Hall–Kier alpha value is -1.35. The average molecular weight is 288 g/mol. The van der Waals surface area contributed by atoms with E-state index in [1.54, 1.807) is 0 Å². The third-order valence-electron chi connectivity index (χ3n) is 4.39. The highest BCUT2D eigenvalue weighted by molar-refractivity contribution is 5.79. The molecule has 0 spiro atoms. The van der Waals surface area contributed by atoms with Gasteiger partial charge in [0.1, 0.15) is 0 Å². The highest BCUT2D eigenvalue weighted by Crippen LogP contribution is 2.19. The van der Waals surface area contributed by atoms with Gasteiger partial charge in [0, 0.05) is 12.1 Å². The Morgan fingerprint density at radius 3 is 2.48 bits per heavy atom. The molecule has 1 fully saturated rings. The fourth-order valence-electron chi connectivity index (χ4n) is 3.05. The maximum absolute atomic E-state index is 12.2. The minimum Gasteiger partial charge on any atom is -0.353 e. The zero-order valence-electron chi connectivity index (χ0n) is 13.3. The quantitative estimate of drug-likeness (QED) is 0.845. The number of hydrogen-bond acceptors (Lipinski definition) is 2. The second kappa shape index (κ2) is 8.18. The summed E-state index contributed by atoms with van der Waals surface area (Å²) in [6, 6.07) is 9.13. The highest BCUT2D eigenvalue weighted by Gasteiger charge is 2.21. The molecule has 2 N–H and O–H groups in total. The number of nitrogens with one attached hydrogen (secondary N) is 2. The standard InChI is InChI=1S/C18H28N2O/c1-3-12-19-16-8-10-17(11-9-16)20-18(21)13-15-7-5-4-6-14(15)2/h4-7,16-17,19H,3,8-13H2,1-2H3,(H,20,21). The molecule has 1 amide bonds. The van der Waals surface area contributed by atoms with Crippen LogP contribution in [-0.4, -0.2) is 24.5 Å². The van der Waals surface area contributed by atoms with Gasteiger partial charge in [0.05, 0.1) is 6.42 Å². The maximum atomic E-state index is 12.2. The normalized spacial score (nSPS) is 22.0. The minimum absolute atomic E-state index is 0.161. The van der Waals surface area contributed by atoms with Gasteiger partial charge < -0.3 is 10.6 Å². The first-order valence-electron chi connectivity index (χ1n) is 8.26. The predicted molar refractivity (Wildman–Crippen MR) is 87.4 cm³/mol. The molecule has 0 heterocycles. The topological polar surface area (TPSA) is 41.1 Å². The molecule has 1 aromatic rings. The Morgan fingerprint density at radius 1 is 1.14 bits per heavy atom. The van der Waals surface area contributed by atoms with Crippen molar-refractivity contribution in [1.29, 1.82) is 0 Å². The van der Waals surface area contributed by atoms with Crippen molar-refractivity contribution >= 4 is 5.91 Å². The molecular formula is C18H28N2O. The van der Waals surface area contributed by atoms with E-state index >= 15 is 0 Å². The Morgan fingerprint density at radius 2 is 1.81 bits per heavy atom. The van der Waals surface area contributed by atoms with Crippen LogP contribution >= 0.6 is 0 Å². The van der Waals surface area contributed by atoms with E-state index in [0.717, 1.165) is 24.9 Å². The number of rotatable bonds is 6. The molecular weight excluding hydrogens is 260 g/mol. The van der Waals surface area contributed by atoms with Gasteiger partial charge in [0.15, 0.2) is 0 Å². The van der Waals surface area contributed by atoms with Crippen molar-refractivity contribution in [3.63, 3.8) is 0 Å². The second-order valence-electron chi connectivity index (χ2n) is 6.17. The summed E-state index contributed by atoms with van der Waals surface area (Å²) in [5.74, 6) is 0.161. The molecule has 0 aromatic heterocycles. The van der Waals surface area contributed by atoms with Crippen LogP contribution in [0.5, 0.6) is 0 Å². The third kappa shape index (κ3) is 5.16. The van der Waals surface area contributed by atoms with Gasteiger partial charge in [0.25, 0.3) is 0 Å². The van der Waals surface area contributed by atoms with E-state index in [1.165, 1.54) is 24.8 Å². The van der Waals surface area contributed by atoms with Gasteiger partial charge in [-0.1, -0.05) is 31.2 Å². The summed E-state index contributed by atoms with van der Waals surface area (Å²) in [6.45, 7) is 5.37. The van der Waals surface area contributed by atoms with Crippen molar-refractivity contribution in [2.45, 2.75) is 64.5 Å². The fraction of sp³-hybridized carbons (Fsp3) is 0.611. The van der Waals surface area contributed by atoms with E-state index in [4.69, 9.17) is 0 Å². The van der Waals surface area contributed by atoms with Crippen LogP contribution in [0.3, 0.4) is 0 Å². The molecule has 21 heavy (non-hydrogen) atoms. The lowest BCUT2D eigenvalue weighted by Crippen LogP contribution is -2.42. The van der Waals surface area contributed by atoms with E-state index in [1.807, 2.05) is 18.2 Å². The number of hydrogen-bond donors (Lipinski definition) is 2. The van der Waals surface area contributed by atoms with Crippen LogP contribution in [0.1, 0.15) is 50.2 Å². The maximum Gasteiger partial charge on any atom is 0.224 e. The van der Waals surface area contributed by atoms with Gasteiger partial charge in [-0.05, 0) is 56.7 Å². The first-order valence-corrected chi connectivity index (χ1v) is 8.26. The SMILES string of the molecule is CCCNC1CCC(NC(=O)Cc2ccccc2C)CC1. The minimum atomic E-state index is 0.161. The fourth-order valence-corrected chi connectivity index (χ4v) is 3.05. The number of aryl methyl sites for hydroxylation is 1. The molecule has 1 aliphatic carbocycles. The predicted octanol–water partition coefficient (Wildman–Crippen LogP) is 2.96. The lowest BCUT2D eigenvalue weighted by molar-refractivity contribution is -0.121. The average Bonchev–Trinajstić information content (AvgIpc) is 2.49. The molecule has 0 aliphatic heterocycles. The molecule has 1 saturated carbocycles. The van der Waals surface area contributed by atoms with Crippen molar-refractivity contribution in [2.24, 2.45) is 0 Å².